The third kappa shape index (κ3) is 1.88. The monoisotopic (exact) mass is 224 g/mol. The van der Waals surface area contributed by atoms with Crippen LogP contribution in [0.3, 0.4) is 0 Å². The van der Waals surface area contributed by atoms with Crippen LogP contribution in [0.1, 0.15) is 11.3 Å². The van der Waals surface area contributed by atoms with Crippen LogP contribution in [-0.2, 0) is 5.88 Å². The number of rotatable bonds is 2. The Bertz CT molecular complexity index is 459. The Morgan fingerprint density at radius 2 is 2.20 bits per heavy atom. The van der Waals surface area contributed by atoms with E-state index < -0.39 is 0 Å². The van der Waals surface area contributed by atoms with E-state index in [1.54, 1.807) is 18.3 Å². The highest BCUT2D eigenvalue weighted by Gasteiger charge is 2.08. The first kappa shape index (κ1) is 10.2. The zero-order chi connectivity index (χ0) is 10.8. The standard InChI is InChI=1S/C11H10ClFN2/c1-8-3-2-4-10(13)11(8)15-6-5-9(7-12)14-15/h2-6H,7H2,1H3. The maximum absolute atomic E-state index is 13.6. The van der Waals surface area contributed by atoms with Gasteiger partial charge in [-0.3, -0.25) is 0 Å². The Morgan fingerprint density at radius 3 is 2.80 bits per heavy atom. The maximum Gasteiger partial charge on any atom is 0.149 e. The molecule has 15 heavy (non-hydrogen) atoms. The number of aromatic nitrogens is 2. The summed E-state index contributed by atoms with van der Waals surface area (Å²) in [5.41, 5.74) is 2.06. The van der Waals surface area contributed by atoms with Gasteiger partial charge in [0.1, 0.15) is 11.5 Å². The van der Waals surface area contributed by atoms with Crippen molar-refractivity contribution >= 4 is 11.6 Å². The molecule has 1 heterocycles. The van der Waals surface area contributed by atoms with Gasteiger partial charge in [0.15, 0.2) is 0 Å². The van der Waals surface area contributed by atoms with Crippen molar-refractivity contribution in [3.05, 3.63) is 47.5 Å². The first-order chi connectivity index (χ1) is 7.22. The lowest BCUT2D eigenvalue weighted by Gasteiger charge is -2.06. The minimum atomic E-state index is -0.278. The molecule has 0 unspecified atom stereocenters. The predicted octanol–water partition coefficient (Wildman–Crippen LogP) is 3.06. The highest BCUT2D eigenvalue weighted by atomic mass is 35.5. The van der Waals surface area contributed by atoms with Gasteiger partial charge in [-0.15, -0.1) is 11.6 Å². The predicted molar refractivity (Wildman–Crippen MR) is 57.8 cm³/mol. The van der Waals surface area contributed by atoms with Gasteiger partial charge < -0.3 is 0 Å². The molecule has 0 aliphatic heterocycles. The van der Waals surface area contributed by atoms with Crippen LogP contribution in [0.4, 0.5) is 4.39 Å². The molecule has 0 radical (unpaired) electrons. The molecule has 0 fully saturated rings. The average Bonchev–Trinajstić information content (AvgIpc) is 2.66. The second kappa shape index (κ2) is 4.03. The number of hydrogen-bond donors (Lipinski definition) is 0. The molecule has 4 heteroatoms. The summed E-state index contributed by atoms with van der Waals surface area (Å²) in [5, 5.41) is 4.17. The average molecular weight is 225 g/mol. The lowest BCUT2D eigenvalue weighted by molar-refractivity contribution is 0.608. The summed E-state index contributed by atoms with van der Waals surface area (Å²) in [6.07, 6.45) is 1.71. The largest absolute Gasteiger partial charge is 0.237 e. The van der Waals surface area contributed by atoms with Gasteiger partial charge in [0.2, 0.25) is 0 Å². The second-order valence-electron chi connectivity index (χ2n) is 3.29. The Balaban J connectivity index is 2.53. The second-order valence-corrected chi connectivity index (χ2v) is 3.56. The topological polar surface area (TPSA) is 17.8 Å². The third-order valence-corrected chi connectivity index (χ3v) is 2.47. The van der Waals surface area contributed by atoms with Gasteiger partial charge in [-0.1, -0.05) is 12.1 Å². The van der Waals surface area contributed by atoms with Gasteiger partial charge in [0.05, 0.1) is 11.6 Å². The van der Waals surface area contributed by atoms with Crippen molar-refractivity contribution in [2.75, 3.05) is 0 Å². The molecule has 78 valence electrons. The van der Waals surface area contributed by atoms with Crippen molar-refractivity contribution in [1.82, 2.24) is 9.78 Å². The van der Waals surface area contributed by atoms with Crippen molar-refractivity contribution in [2.24, 2.45) is 0 Å². The molecule has 0 amide bonds. The van der Waals surface area contributed by atoms with Crippen LogP contribution in [0, 0.1) is 12.7 Å². The van der Waals surface area contributed by atoms with E-state index in [1.807, 2.05) is 13.0 Å². The van der Waals surface area contributed by atoms with Crippen LogP contribution < -0.4 is 0 Å². The molecule has 2 nitrogen and oxygen atoms in total. The van der Waals surface area contributed by atoms with Crippen LogP contribution in [0.25, 0.3) is 5.69 Å². The van der Waals surface area contributed by atoms with E-state index in [1.165, 1.54) is 10.7 Å². The molecular formula is C11H10ClFN2. The van der Waals surface area contributed by atoms with Crippen LogP contribution in [0.5, 0.6) is 0 Å². The quantitative estimate of drug-likeness (QED) is 0.717. The molecule has 0 aliphatic rings. The van der Waals surface area contributed by atoms with Crippen molar-refractivity contribution in [2.45, 2.75) is 12.8 Å². The van der Waals surface area contributed by atoms with E-state index in [-0.39, 0.29) is 5.82 Å². The summed E-state index contributed by atoms with van der Waals surface area (Å²) in [6.45, 7) is 1.85. The first-order valence-corrected chi connectivity index (χ1v) is 5.12. The van der Waals surface area contributed by atoms with E-state index in [4.69, 9.17) is 11.6 Å². The number of para-hydroxylation sites is 1. The number of nitrogens with zero attached hydrogens (tertiary/aromatic N) is 2. The summed E-state index contributed by atoms with van der Waals surface area (Å²) in [7, 11) is 0. The molecule has 0 saturated heterocycles. The van der Waals surface area contributed by atoms with Gasteiger partial charge in [-0.25, -0.2) is 9.07 Å². The molecule has 0 atom stereocenters. The molecule has 2 aromatic rings. The number of halogens is 2. The van der Waals surface area contributed by atoms with Crippen molar-refractivity contribution in [3.63, 3.8) is 0 Å². The zero-order valence-electron chi connectivity index (χ0n) is 8.24. The lowest BCUT2D eigenvalue weighted by Crippen LogP contribution is -2.01. The fraction of sp³-hybridized carbons (Fsp3) is 0.182. The molecule has 0 bridgehead atoms. The highest BCUT2D eigenvalue weighted by molar-refractivity contribution is 6.16. The smallest absolute Gasteiger partial charge is 0.149 e. The molecular weight excluding hydrogens is 215 g/mol. The molecule has 0 saturated carbocycles. The number of hydrogen-bond acceptors (Lipinski definition) is 1. The van der Waals surface area contributed by atoms with Gasteiger partial charge >= 0.3 is 0 Å². The molecule has 2 rings (SSSR count). The third-order valence-electron chi connectivity index (χ3n) is 2.20. The van der Waals surface area contributed by atoms with E-state index in [0.29, 0.717) is 11.6 Å². The summed E-state index contributed by atoms with van der Waals surface area (Å²) in [4.78, 5) is 0. The van der Waals surface area contributed by atoms with Gasteiger partial charge in [0.25, 0.3) is 0 Å². The Hall–Kier alpha value is -1.35. The SMILES string of the molecule is Cc1cccc(F)c1-n1ccc(CCl)n1. The molecule has 0 spiro atoms. The summed E-state index contributed by atoms with van der Waals surface area (Å²) >= 11 is 5.64. The van der Waals surface area contributed by atoms with Gasteiger partial charge in [-0.2, -0.15) is 5.10 Å². The maximum atomic E-state index is 13.6. The van der Waals surface area contributed by atoms with Crippen molar-refractivity contribution < 1.29 is 4.39 Å². The highest BCUT2D eigenvalue weighted by Crippen LogP contribution is 2.17. The van der Waals surface area contributed by atoms with Gasteiger partial charge in [-0.05, 0) is 24.6 Å². The van der Waals surface area contributed by atoms with E-state index in [0.717, 1.165) is 11.3 Å². The molecule has 0 N–H and O–H groups in total. The number of benzene rings is 1. The minimum Gasteiger partial charge on any atom is -0.237 e. The van der Waals surface area contributed by atoms with Crippen molar-refractivity contribution in [1.29, 1.82) is 0 Å². The fourth-order valence-electron chi connectivity index (χ4n) is 1.47. The summed E-state index contributed by atoms with van der Waals surface area (Å²) in [5.74, 6) is 0.0553. The zero-order valence-corrected chi connectivity index (χ0v) is 9.00. The van der Waals surface area contributed by atoms with Crippen molar-refractivity contribution in [3.8, 4) is 5.69 Å². The Morgan fingerprint density at radius 1 is 1.40 bits per heavy atom. The molecule has 1 aromatic carbocycles. The van der Waals surface area contributed by atoms with E-state index >= 15 is 0 Å². The molecule has 0 aliphatic carbocycles. The van der Waals surface area contributed by atoms with Crippen LogP contribution in [-0.4, -0.2) is 9.78 Å². The Kier molecular flexibility index (Phi) is 2.73. The van der Waals surface area contributed by atoms with Crippen LogP contribution >= 0.6 is 11.6 Å². The first-order valence-electron chi connectivity index (χ1n) is 4.58. The fourth-order valence-corrected chi connectivity index (χ4v) is 1.61. The lowest BCUT2D eigenvalue weighted by atomic mass is 10.2. The summed E-state index contributed by atoms with van der Waals surface area (Å²) < 4.78 is 15.1. The summed E-state index contributed by atoms with van der Waals surface area (Å²) in [6, 6.07) is 6.73. The normalized spacial score (nSPS) is 10.6. The molecule has 1 aromatic heterocycles. The van der Waals surface area contributed by atoms with E-state index in [2.05, 4.69) is 5.10 Å². The Labute approximate surface area is 92.3 Å². The van der Waals surface area contributed by atoms with Gasteiger partial charge in [0, 0.05) is 6.20 Å². The van der Waals surface area contributed by atoms with Crippen LogP contribution in [0.2, 0.25) is 0 Å². The minimum absolute atomic E-state index is 0.278. The van der Waals surface area contributed by atoms with E-state index in [9.17, 15) is 4.39 Å². The number of alkyl halides is 1. The van der Waals surface area contributed by atoms with Crippen LogP contribution in [0.15, 0.2) is 30.5 Å². The number of aryl methyl sites for hydroxylation is 1.